The fourth-order valence-electron chi connectivity index (χ4n) is 5.59. The van der Waals surface area contributed by atoms with Gasteiger partial charge in [-0.05, 0) is 79.1 Å². The fraction of sp³-hybridized carbons (Fsp3) is 0.848. The first-order valence-electron chi connectivity index (χ1n) is 16.2. The lowest BCUT2D eigenvalue weighted by Gasteiger charge is -2.43. The van der Waals surface area contributed by atoms with Crippen LogP contribution in [0.2, 0.25) is 0 Å². The van der Waals surface area contributed by atoms with Gasteiger partial charge < -0.3 is 29.0 Å². The number of carbonyl (C=O) groups excluding carboxylic acids is 3. The number of rotatable bonds is 24. The number of carbonyl (C=O) groups is 4. The number of nitrogens with zero attached hydrogens (tertiary/aromatic N) is 1. The third kappa shape index (κ3) is 14.4. The lowest BCUT2D eigenvalue weighted by atomic mass is 9.62. The zero-order valence-corrected chi connectivity index (χ0v) is 32.2. The number of likely N-dealkylation sites (N-methyl/N-ethyl adjacent to an activating group) is 1. The van der Waals surface area contributed by atoms with E-state index in [-0.39, 0.29) is 52.1 Å². The van der Waals surface area contributed by atoms with Gasteiger partial charge in [0.05, 0.1) is 29.5 Å². The van der Waals surface area contributed by atoms with Crippen LogP contribution in [0.5, 0.6) is 0 Å². The Hall–Kier alpha value is -1.41. The second kappa shape index (κ2) is 21.5. The quantitative estimate of drug-likeness (QED) is 0.0500. The lowest BCUT2D eigenvalue weighted by molar-refractivity contribution is -0.170. The van der Waals surface area contributed by atoms with E-state index in [4.69, 9.17) is 31.2 Å². The molecule has 46 heavy (non-hydrogen) atoms. The van der Waals surface area contributed by atoms with Gasteiger partial charge in [-0.15, -0.1) is 11.8 Å². The highest BCUT2D eigenvalue weighted by Gasteiger charge is 2.55. The molecule has 0 radical (unpaired) electrons. The van der Waals surface area contributed by atoms with Crippen LogP contribution in [0, 0.1) is 16.2 Å². The average Bonchev–Trinajstić information content (AvgIpc) is 2.96. The van der Waals surface area contributed by atoms with Crippen molar-refractivity contribution in [2.24, 2.45) is 16.2 Å². The minimum absolute atomic E-state index is 0.00599. The maximum Gasteiger partial charge on any atom is 0.320 e. The van der Waals surface area contributed by atoms with Crippen LogP contribution >= 0.6 is 35.7 Å². The van der Waals surface area contributed by atoms with E-state index in [9.17, 15) is 24.3 Å². The summed E-state index contributed by atoms with van der Waals surface area (Å²) < 4.78 is 21.1. The van der Waals surface area contributed by atoms with E-state index < -0.39 is 44.9 Å². The smallest absolute Gasteiger partial charge is 0.320 e. The molecule has 10 nitrogen and oxygen atoms in total. The lowest BCUT2D eigenvalue weighted by Crippen LogP contribution is -2.49. The molecule has 268 valence electrons. The van der Waals surface area contributed by atoms with Gasteiger partial charge >= 0.3 is 23.9 Å². The molecule has 0 amide bonds. The van der Waals surface area contributed by atoms with Gasteiger partial charge in [-0.2, -0.15) is 0 Å². The molecule has 0 aliphatic rings. The summed E-state index contributed by atoms with van der Waals surface area (Å²) in [5.41, 5.74) is -3.96. The van der Waals surface area contributed by atoms with E-state index in [0.717, 1.165) is 18.2 Å². The Kier molecular flexibility index (Phi) is 20.9. The van der Waals surface area contributed by atoms with Crippen LogP contribution in [0.4, 0.5) is 0 Å². The van der Waals surface area contributed by atoms with E-state index in [0.29, 0.717) is 35.1 Å². The minimum atomic E-state index is -1.45. The van der Waals surface area contributed by atoms with Crippen molar-refractivity contribution in [1.82, 2.24) is 4.90 Å². The van der Waals surface area contributed by atoms with Crippen LogP contribution in [0.1, 0.15) is 99.8 Å². The number of carboxylic acids is 1. The summed E-state index contributed by atoms with van der Waals surface area (Å²) in [7, 11) is 5.23. The summed E-state index contributed by atoms with van der Waals surface area (Å²) in [5, 5.41) is 10.7. The molecule has 1 N–H and O–H groups in total. The Morgan fingerprint density at radius 2 is 1.28 bits per heavy atom. The van der Waals surface area contributed by atoms with Crippen molar-refractivity contribution < 1.29 is 43.2 Å². The van der Waals surface area contributed by atoms with Crippen molar-refractivity contribution in [3.8, 4) is 0 Å². The normalized spacial score (nSPS) is 16.8. The zero-order chi connectivity index (χ0) is 35.6. The van der Waals surface area contributed by atoms with E-state index in [2.05, 4.69) is 0 Å². The first-order valence-corrected chi connectivity index (χ1v) is 18.4. The average molecular weight is 710 g/mol. The first kappa shape index (κ1) is 44.6. The van der Waals surface area contributed by atoms with Crippen LogP contribution < -0.4 is 0 Å². The third-order valence-corrected chi connectivity index (χ3v) is 10.9. The molecule has 4 atom stereocenters. The number of thiocarbonyl (C=S) groups is 1. The van der Waals surface area contributed by atoms with Crippen molar-refractivity contribution in [2.45, 2.75) is 105 Å². The fourth-order valence-corrected chi connectivity index (χ4v) is 8.83. The van der Waals surface area contributed by atoms with E-state index in [1.54, 1.807) is 20.8 Å². The molecule has 0 aromatic carbocycles. The van der Waals surface area contributed by atoms with Gasteiger partial charge in [-0.1, -0.05) is 64.5 Å². The Bertz CT molecular complexity index is 997. The number of esters is 3. The molecule has 0 aliphatic carbocycles. The van der Waals surface area contributed by atoms with Crippen LogP contribution in [-0.2, 0) is 38.1 Å². The highest BCUT2D eigenvalue weighted by molar-refractivity contribution is 8.47. The summed E-state index contributed by atoms with van der Waals surface area (Å²) in [6, 6.07) is 0. The van der Waals surface area contributed by atoms with Crippen molar-refractivity contribution in [1.29, 1.82) is 0 Å². The SMILES string of the molecule is CCCCOC(=O)C(C)(CC(C)(CC(C)(CC)C(=O)OCCOC)C(=O)OCCN(C)C)CC(CCC)(SC(=S)SCC)C(=O)O. The van der Waals surface area contributed by atoms with E-state index in [1.807, 2.05) is 46.7 Å². The number of carboxylic acid groups (broad SMARTS) is 1. The molecular formula is C33H59NO9S3. The van der Waals surface area contributed by atoms with E-state index in [1.165, 1.54) is 18.9 Å². The minimum Gasteiger partial charge on any atom is -0.480 e. The van der Waals surface area contributed by atoms with Gasteiger partial charge in [0.1, 0.15) is 21.5 Å². The van der Waals surface area contributed by atoms with Crippen molar-refractivity contribution >= 4 is 63.1 Å². The summed E-state index contributed by atoms with van der Waals surface area (Å²) in [5.74, 6) is -2.06. The molecule has 0 aliphatic heterocycles. The molecule has 0 saturated carbocycles. The monoisotopic (exact) mass is 709 g/mol. The van der Waals surface area contributed by atoms with Crippen LogP contribution in [-0.4, -0.2) is 102 Å². The van der Waals surface area contributed by atoms with Crippen molar-refractivity contribution in [3.63, 3.8) is 0 Å². The predicted octanol–water partition coefficient (Wildman–Crippen LogP) is 6.62. The Labute approximate surface area is 291 Å². The molecule has 0 spiro atoms. The van der Waals surface area contributed by atoms with Crippen LogP contribution in [0.3, 0.4) is 0 Å². The van der Waals surface area contributed by atoms with Crippen molar-refractivity contribution in [2.75, 3.05) is 59.9 Å². The maximum absolute atomic E-state index is 14.1. The number of thioether (sulfide) groups is 2. The summed E-state index contributed by atoms with van der Waals surface area (Å²) in [6.07, 6.45) is 2.33. The molecule has 4 unspecified atom stereocenters. The molecule has 0 heterocycles. The van der Waals surface area contributed by atoms with Gasteiger partial charge in [-0.3, -0.25) is 19.2 Å². The Morgan fingerprint density at radius 3 is 1.76 bits per heavy atom. The molecule has 0 aromatic rings. The number of unbranched alkanes of at least 4 members (excludes halogenated alkanes) is 1. The van der Waals surface area contributed by atoms with E-state index >= 15 is 0 Å². The first-order chi connectivity index (χ1) is 21.4. The number of hydrogen-bond donors (Lipinski definition) is 1. The second-order valence-corrected chi connectivity index (χ2v) is 16.8. The number of ether oxygens (including phenoxy) is 4. The topological polar surface area (TPSA) is 129 Å². The Morgan fingerprint density at radius 1 is 0.761 bits per heavy atom. The molecule has 13 heteroatoms. The van der Waals surface area contributed by atoms with Crippen LogP contribution in [0.15, 0.2) is 0 Å². The van der Waals surface area contributed by atoms with Gasteiger partial charge in [0, 0.05) is 13.7 Å². The molecular weight excluding hydrogens is 651 g/mol. The van der Waals surface area contributed by atoms with Gasteiger partial charge in [-0.25, -0.2) is 0 Å². The zero-order valence-electron chi connectivity index (χ0n) is 29.8. The maximum atomic E-state index is 14.1. The van der Waals surface area contributed by atoms with Gasteiger partial charge in [0.25, 0.3) is 0 Å². The van der Waals surface area contributed by atoms with Gasteiger partial charge in [0.2, 0.25) is 0 Å². The van der Waals surface area contributed by atoms with Crippen LogP contribution in [0.25, 0.3) is 0 Å². The number of methoxy groups -OCH3 is 1. The Balaban J connectivity index is 7.13. The number of aliphatic carboxylic acids is 1. The molecule has 0 fully saturated rings. The highest BCUT2D eigenvalue weighted by atomic mass is 32.2. The molecule has 0 saturated heterocycles. The summed E-state index contributed by atoms with van der Waals surface area (Å²) >= 11 is 8.03. The summed E-state index contributed by atoms with van der Waals surface area (Å²) in [4.78, 5) is 56.5. The van der Waals surface area contributed by atoms with Gasteiger partial charge in [0.15, 0.2) is 0 Å². The third-order valence-electron chi connectivity index (χ3n) is 8.10. The largest absolute Gasteiger partial charge is 0.480 e. The summed E-state index contributed by atoms with van der Waals surface area (Å²) in [6.45, 7) is 13.8. The van der Waals surface area contributed by atoms with Crippen molar-refractivity contribution in [3.05, 3.63) is 0 Å². The standard InChI is InChI=1S/C33H59NO9S3/c1-11-15-18-41-28(39)32(7,24-33(16-12-2,25(35)36)46-29(44)45-14-4)23-31(6,27(38)42-19-17-34(8)9)22-30(5,13-3)26(37)43-21-20-40-10/h11-24H2,1-10H3,(H,35,36). The highest BCUT2D eigenvalue weighted by Crippen LogP contribution is 2.52. The second-order valence-electron chi connectivity index (χ2n) is 13.0. The molecule has 0 aromatic heterocycles. The molecule has 0 rings (SSSR count). The number of hydrogen-bond acceptors (Lipinski definition) is 12. The molecule has 0 bridgehead atoms. The predicted molar refractivity (Wildman–Crippen MR) is 190 cm³/mol.